The molecule has 0 spiro atoms. The highest BCUT2D eigenvalue weighted by Crippen LogP contribution is 2.27. The number of nitrogens with one attached hydrogen (secondary N) is 1. The Hall–Kier alpha value is -3.32. The molecule has 0 radical (unpaired) electrons. The Morgan fingerprint density at radius 1 is 1.03 bits per heavy atom. The second-order valence-electron chi connectivity index (χ2n) is 6.80. The predicted octanol–water partition coefficient (Wildman–Crippen LogP) is 4.24. The summed E-state index contributed by atoms with van der Waals surface area (Å²) in [6.07, 6.45) is 0. The molecule has 0 bridgehead atoms. The second kappa shape index (κ2) is 7.97. The normalized spacial score (nSPS) is 12.1. The highest BCUT2D eigenvalue weighted by Gasteiger charge is 2.20. The SMILES string of the molecule is Cc1ccccc1-c1nnc(S[C@H](C)C(=O)Nc2ccc3ccccc3c2)n1N. The van der Waals surface area contributed by atoms with E-state index in [-0.39, 0.29) is 5.91 Å². The average molecular weight is 404 g/mol. The minimum Gasteiger partial charge on any atom is -0.335 e. The van der Waals surface area contributed by atoms with E-state index in [1.807, 2.05) is 80.6 Å². The molecule has 0 unspecified atom stereocenters. The van der Waals surface area contributed by atoms with E-state index in [1.54, 1.807) is 0 Å². The molecule has 4 aromatic rings. The number of carbonyl (C=O) groups is 1. The number of aryl methyl sites for hydroxylation is 1. The number of amides is 1. The third-order valence-electron chi connectivity index (χ3n) is 4.72. The average Bonchev–Trinajstić information content (AvgIpc) is 3.08. The summed E-state index contributed by atoms with van der Waals surface area (Å²) in [7, 11) is 0. The molecule has 6 nitrogen and oxygen atoms in total. The monoisotopic (exact) mass is 403 g/mol. The number of rotatable bonds is 5. The van der Waals surface area contributed by atoms with Gasteiger partial charge in [0.05, 0.1) is 5.25 Å². The van der Waals surface area contributed by atoms with E-state index in [9.17, 15) is 4.79 Å². The Labute approximate surface area is 173 Å². The molecule has 0 saturated carbocycles. The number of anilines is 1. The van der Waals surface area contributed by atoms with Crippen molar-refractivity contribution < 1.29 is 4.79 Å². The number of hydrogen-bond acceptors (Lipinski definition) is 5. The van der Waals surface area contributed by atoms with Crippen molar-refractivity contribution in [2.24, 2.45) is 0 Å². The van der Waals surface area contributed by atoms with E-state index < -0.39 is 5.25 Å². The van der Waals surface area contributed by atoms with E-state index in [1.165, 1.54) is 16.4 Å². The number of hydrogen-bond donors (Lipinski definition) is 2. The lowest BCUT2D eigenvalue weighted by molar-refractivity contribution is -0.115. The van der Waals surface area contributed by atoms with Gasteiger partial charge in [-0.25, -0.2) is 4.68 Å². The van der Waals surface area contributed by atoms with Crippen LogP contribution < -0.4 is 11.2 Å². The zero-order valence-electron chi connectivity index (χ0n) is 16.2. The second-order valence-corrected chi connectivity index (χ2v) is 8.11. The van der Waals surface area contributed by atoms with E-state index in [4.69, 9.17) is 5.84 Å². The minimum atomic E-state index is -0.391. The first-order chi connectivity index (χ1) is 14.0. The molecule has 1 aromatic heterocycles. The van der Waals surface area contributed by atoms with Crippen molar-refractivity contribution in [2.75, 3.05) is 11.2 Å². The molecule has 1 atom stereocenters. The Morgan fingerprint density at radius 2 is 1.76 bits per heavy atom. The molecule has 0 aliphatic heterocycles. The minimum absolute atomic E-state index is 0.120. The molecular formula is C22H21N5OS. The zero-order chi connectivity index (χ0) is 20.4. The van der Waals surface area contributed by atoms with Gasteiger partial charge in [0.25, 0.3) is 0 Å². The van der Waals surface area contributed by atoms with Crippen molar-refractivity contribution >= 4 is 34.1 Å². The number of fused-ring (bicyclic) bond motifs is 1. The molecule has 4 rings (SSSR count). The Kier molecular flexibility index (Phi) is 5.22. The van der Waals surface area contributed by atoms with Crippen molar-refractivity contribution in [2.45, 2.75) is 24.3 Å². The maximum atomic E-state index is 12.7. The van der Waals surface area contributed by atoms with E-state index in [0.29, 0.717) is 11.0 Å². The van der Waals surface area contributed by atoms with Gasteiger partial charge < -0.3 is 11.2 Å². The smallest absolute Gasteiger partial charge is 0.237 e. The van der Waals surface area contributed by atoms with Gasteiger partial charge in [-0.2, -0.15) is 0 Å². The standard InChI is InChI=1S/C22H21N5OS/c1-14-7-3-6-10-19(14)20-25-26-22(27(20)23)29-15(2)21(28)24-18-12-11-16-8-4-5-9-17(16)13-18/h3-13,15H,23H2,1-2H3,(H,24,28)/t15-/m1/s1. The number of thioether (sulfide) groups is 1. The molecular weight excluding hydrogens is 382 g/mol. The highest BCUT2D eigenvalue weighted by molar-refractivity contribution is 8.00. The van der Waals surface area contributed by atoms with Crippen LogP contribution in [-0.2, 0) is 4.79 Å². The topological polar surface area (TPSA) is 85.8 Å². The summed E-state index contributed by atoms with van der Waals surface area (Å²) in [5.74, 6) is 6.66. The van der Waals surface area contributed by atoms with Gasteiger partial charge >= 0.3 is 0 Å². The van der Waals surface area contributed by atoms with E-state index in [2.05, 4.69) is 15.5 Å². The maximum Gasteiger partial charge on any atom is 0.237 e. The highest BCUT2D eigenvalue weighted by atomic mass is 32.2. The third-order valence-corrected chi connectivity index (χ3v) is 5.78. The first-order valence-electron chi connectivity index (χ1n) is 9.26. The van der Waals surface area contributed by atoms with Crippen molar-refractivity contribution in [3.63, 3.8) is 0 Å². The van der Waals surface area contributed by atoms with Gasteiger partial charge in [0, 0.05) is 11.3 Å². The lowest BCUT2D eigenvalue weighted by Crippen LogP contribution is -2.23. The zero-order valence-corrected chi connectivity index (χ0v) is 17.0. The third kappa shape index (κ3) is 3.95. The van der Waals surface area contributed by atoms with Crippen LogP contribution in [0.3, 0.4) is 0 Å². The fraction of sp³-hybridized carbons (Fsp3) is 0.136. The summed E-state index contributed by atoms with van der Waals surface area (Å²) in [5.41, 5.74) is 2.74. The van der Waals surface area contributed by atoms with Gasteiger partial charge in [-0.3, -0.25) is 4.79 Å². The van der Waals surface area contributed by atoms with Crippen molar-refractivity contribution in [1.29, 1.82) is 0 Å². The van der Waals surface area contributed by atoms with E-state index >= 15 is 0 Å². The van der Waals surface area contributed by atoms with Crippen molar-refractivity contribution in [3.05, 3.63) is 72.3 Å². The number of nitrogens with two attached hydrogens (primary N) is 1. The molecule has 1 heterocycles. The van der Waals surface area contributed by atoms with Crippen LogP contribution in [0.5, 0.6) is 0 Å². The predicted molar refractivity (Wildman–Crippen MR) is 118 cm³/mol. The lowest BCUT2D eigenvalue weighted by Gasteiger charge is -2.12. The Morgan fingerprint density at radius 3 is 2.55 bits per heavy atom. The molecule has 146 valence electrons. The quantitative estimate of drug-likeness (QED) is 0.384. The van der Waals surface area contributed by atoms with Crippen LogP contribution in [0.4, 0.5) is 5.69 Å². The first kappa shape index (κ1) is 19.0. The molecule has 1 amide bonds. The van der Waals surface area contributed by atoms with Crippen LogP contribution in [0.25, 0.3) is 22.2 Å². The van der Waals surface area contributed by atoms with Gasteiger partial charge in [0.15, 0.2) is 5.82 Å². The fourth-order valence-corrected chi connectivity index (χ4v) is 3.86. The number of carbonyl (C=O) groups excluding carboxylic acids is 1. The molecule has 0 fully saturated rings. The number of aromatic nitrogens is 3. The van der Waals surface area contributed by atoms with Crippen molar-refractivity contribution in [3.8, 4) is 11.4 Å². The van der Waals surface area contributed by atoms with Gasteiger partial charge in [0.2, 0.25) is 11.1 Å². The van der Waals surface area contributed by atoms with Gasteiger partial charge in [-0.1, -0.05) is 66.4 Å². The summed E-state index contributed by atoms with van der Waals surface area (Å²) >= 11 is 1.27. The molecule has 29 heavy (non-hydrogen) atoms. The summed E-state index contributed by atoms with van der Waals surface area (Å²) < 4.78 is 1.44. The van der Waals surface area contributed by atoms with Gasteiger partial charge in [-0.15, -0.1) is 10.2 Å². The molecule has 0 saturated heterocycles. The first-order valence-corrected chi connectivity index (χ1v) is 10.1. The van der Waals surface area contributed by atoms with Gasteiger partial charge in [-0.05, 0) is 42.3 Å². The molecule has 0 aliphatic rings. The van der Waals surface area contributed by atoms with Crippen LogP contribution in [0.15, 0.2) is 71.9 Å². The summed E-state index contributed by atoms with van der Waals surface area (Å²) in [5, 5.41) is 13.7. The largest absolute Gasteiger partial charge is 0.335 e. The summed E-state index contributed by atoms with van der Waals surface area (Å²) in [6, 6.07) is 21.7. The molecule has 3 N–H and O–H groups in total. The molecule has 7 heteroatoms. The van der Waals surface area contributed by atoms with Crippen LogP contribution in [0, 0.1) is 6.92 Å². The van der Waals surface area contributed by atoms with Crippen LogP contribution in [0.2, 0.25) is 0 Å². The number of nitrogens with zero attached hydrogens (tertiary/aromatic N) is 3. The van der Waals surface area contributed by atoms with E-state index in [0.717, 1.165) is 27.6 Å². The fourth-order valence-electron chi connectivity index (χ4n) is 3.09. The molecule has 0 aliphatic carbocycles. The number of benzene rings is 3. The van der Waals surface area contributed by atoms with Crippen molar-refractivity contribution in [1.82, 2.24) is 14.9 Å². The maximum absolute atomic E-state index is 12.7. The van der Waals surface area contributed by atoms with Crippen LogP contribution in [0.1, 0.15) is 12.5 Å². The Bertz CT molecular complexity index is 1190. The molecule has 3 aromatic carbocycles. The summed E-state index contributed by atoms with van der Waals surface area (Å²) in [4.78, 5) is 12.7. The van der Waals surface area contributed by atoms with Gasteiger partial charge in [0.1, 0.15) is 0 Å². The number of nitrogen functional groups attached to an aromatic ring is 1. The van der Waals surface area contributed by atoms with Crippen LogP contribution >= 0.6 is 11.8 Å². The lowest BCUT2D eigenvalue weighted by atomic mass is 10.1. The summed E-state index contributed by atoms with van der Waals surface area (Å²) in [6.45, 7) is 3.82. The Balaban J connectivity index is 1.48. The van der Waals surface area contributed by atoms with Crippen LogP contribution in [-0.4, -0.2) is 26.0 Å².